The first-order chi connectivity index (χ1) is 16.0. The lowest BCUT2D eigenvalue weighted by atomic mass is 10.1. The van der Waals surface area contributed by atoms with Crippen LogP contribution >= 0.6 is 23.2 Å². The maximum atomic E-state index is 14.4. The molecule has 0 saturated carbocycles. The van der Waals surface area contributed by atoms with Crippen LogP contribution in [0.5, 0.6) is 0 Å². The molecule has 0 unspecified atom stereocenters. The molecule has 0 fully saturated rings. The third-order valence-corrected chi connectivity index (χ3v) is 5.95. The van der Waals surface area contributed by atoms with Crippen molar-refractivity contribution in [1.82, 2.24) is 20.3 Å². The molecule has 3 aromatic heterocycles. The van der Waals surface area contributed by atoms with Gasteiger partial charge in [0.05, 0.1) is 10.5 Å². The Hall–Kier alpha value is -3.48. The normalized spacial score (nSPS) is 11.2. The van der Waals surface area contributed by atoms with E-state index >= 15 is 0 Å². The van der Waals surface area contributed by atoms with Gasteiger partial charge in [-0.3, -0.25) is 14.8 Å². The zero-order valence-corrected chi connectivity index (χ0v) is 18.7. The van der Waals surface area contributed by atoms with Crippen molar-refractivity contribution in [2.24, 2.45) is 0 Å². The number of hydrogen-bond donors (Lipinski definition) is 2. The summed E-state index contributed by atoms with van der Waals surface area (Å²) in [5.74, 6) is -0.730. The van der Waals surface area contributed by atoms with Crippen LogP contribution in [0.4, 0.5) is 4.39 Å². The van der Waals surface area contributed by atoms with E-state index in [0.29, 0.717) is 38.5 Å². The number of carbonyl (C=O) groups is 1. The highest BCUT2D eigenvalue weighted by Crippen LogP contribution is 2.26. The molecule has 0 spiro atoms. The largest absolute Gasteiger partial charge is 0.360 e. The minimum absolute atomic E-state index is 0.0386. The molecule has 33 heavy (non-hydrogen) atoms. The lowest BCUT2D eigenvalue weighted by Gasteiger charge is -2.09. The fraction of sp³-hybridized carbons (Fsp3) is 0.0800. The first-order valence-electron chi connectivity index (χ1n) is 10.2. The van der Waals surface area contributed by atoms with E-state index < -0.39 is 5.82 Å². The Bertz CT molecular complexity index is 1520. The van der Waals surface area contributed by atoms with Crippen molar-refractivity contribution in [3.63, 3.8) is 0 Å². The van der Waals surface area contributed by atoms with E-state index in [1.807, 2.05) is 24.3 Å². The van der Waals surface area contributed by atoms with Gasteiger partial charge in [-0.1, -0.05) is 29.3 Å². The summed E-state index contributed by atoms with van der Waals surface area (Å²) >= 11 is 12.1. The number of pyridine rings is 2. The van der Waals surface area contributed by atoms with Gasteiger partial charge in [0, 0.05) is 69.7 Å². The second-order valence-electron chi connectivity index (χ2n) is 7.70. The minimum atomic E-state index is -0.415. The van der Waals surface area contributed by atoms with Gasteiger partial charge in [0.2, 0.25) is 0 Å². The Morgan fingerprint density at radius 1 is 1.06 bits per heavy atom. The van der Waals surface area contributed by atoms with E-state index in [2.05, 4.69) is 20.3 Å². The molecule has 5 nitrogen and oxygen atoms in total. The van der Waals surface area contributed by atoms with Crippen LogP contribution in [0.15, 0.2) is 67.1 Å². The molecule has 0 atom stereocenters. The van der Waals surface area contributed by atoms with Gasteiger partial charge >= 0.3 is 0 Å². The molecular formula is C25H17Cl2FN4O. The number of hydrogen-bond acceptors (Lipinski definition) is 3. The van der Waals surface area contributed by atoms with Crippen LogP contribution in [0.1, 0.15) is 27.2 Å². The molecule has 3 heterocycles. The lowest BCUT2D eigenvalue weighted by Crippen LogP contribution is -2.23. The van der Waals surface area contributed by atoms with E-state index in [1.54, 1.807) is 36.8 Å². The molecular weight excluding hydrogens is 462 g/mol. The van der Waals surface area contributed by atoms with Crippen molar-refractivity contribution >= 4 is 50.9 Å². The Labute approximate surface area is 198 Å². The van der Waals surface area contributed by atoms with Crippen molar-refractivity contribution in [2.45, 2.75) is 13.0 Å². The van der Waals surface area contributed by atoms with E-state index in [4.69, 9.17) is 23.2 Å². The number of fused-ring (bicyclic) bond motifs is 2. The fourth-order valence-electron chi connectivity index (χ4n) is 3.73. The van der Waals surface area contributed by atoms with Crippen molar-refractivity contribution < 1.29 is 9.18 Å². The molecule has 0 radical (unpaired) electrons. The van der Waals surface area contributed by atoms with E-state index in [-0.39, 0.29) is 12.5 Å². The smallest absolute Gasteiger partial charge is 0.251 e. The zero-order chi connectivity index (χ0) is 22.9. The fourth-order valence-corrected chi connectivity index (χ4v) is 4.11. The number of amides is 1. The molecule has 164 valence electrons. The van der Waals surface area contributed by atoms with Crippen molar-refractivity contribution in [1.29, 1.82) is 0 Å². The molecule has 1 amide bonds. The van der Waals surface area contributed by atoms with Crippen molar-refractivity contribution in [2.75, 3.05) is 0 Å². The number of rotatable bonds is 5. The summed E-state index contributed by atoms with van der Waals surface area (Å²) in [6.45, 7) is 0.0386. The highest BCUT2D eigenvalue weighted by atomic mass is 35.5. The third-order valence-electron chi connectivity index (χ3n) is 5.40. The van der Waals surface area contributed by atoms with Crippen molar-refractivity contribution in [3.05, 3.63) is 105 Å². The first-order valence-corrected chi connectivity index (χ1v) is 10.9. The molecule has 5 rings (SSSR count). The predicted octanol–water partition coefficient (Wildman–Crippen LogP) is 6.08. The number of benzene rings is 2. The zero-order valence-electron chi connectivity index (χ0n) is 17.2. The van der Waals surface area contributed by atoms with Crippen LogP contribution in [0.25, 0.3) is 21.8 Å². The molecule has 0 aliphatic carbocycles. The molecule has 2 aromatic carbocycles. The van der Waals surface area contributed by atoms with E-state index in [1.165, 1.54) is 6.07 Å². The molecule has 0 bridgehead atoms. The second kappa shape index (κ2) is 8.81. The highest BCUT2D eigenvalue weighted by molar-refractivity contribution is 6.35. The Morgan fingerprint density at radius 2 is 1.94 bits per heavy atom. The summed E-state index contributed by atoms with van der Waals surface area (Å²) in [4.78, 5) is 24.4. The lowest BCUT2D eigenvalue weighted by molar-refractivity contribution is 0.0950. The number of H-pyrrole nitrogens is 1. The number of nitrogens with one attached hydrogen (secondary N) is 2. The third kappa shape index (κ3) is 4.53. The monoisotopic (exact) mass is 478 g/mol. The molecule has 0 aliphatic heterocycles. The van der Waals surface area contributed by atoms with Crippen LogP contribution in [-0.4, -0.2) is 20.9 Å². The standard InChI is InChI=1S/C25H17Cl2FN4O/c26-18-2-1-15-5-14(11-30-23(15)9-18)6-19-7-16(3-4-29-19)25(33)32-12-17-8-20-21(27)13-31-24(20)10-22(17)28/h1-5,7-11,13,31H,6,12H2,(H,32,33). The summed E-state index contributed by atoms with van der Waals surface area (Å²) in [6, 6.07) is 13.9. The van der Waals surface area contributed by atoms with Gasteiger partial charge in [-0.15, -0.1) is 0 Å². The maximum Gasteiger partial charge on any atom is 0.251 e. The average molecular weight is 479 g/mol. The van der Waals surface area contributed by atoms with Gasteiger partial charge < -0.3 is 10.3 Å². The average Bonchev–Trinajstić information content (AvgIpc) is 3.17. The van der Waals surface area contributed by atoms with Gasteiger partial charge in [-0.2, -0.15) is 0 Å². The first kappa shape index (κ1) is 21.4. The van der Waals surface area contributed by atoms with Crippen LogP contribution in [0.2, 0.25) is 10.0 Å². The van der Waals surface area contributed by atoms with Crippen molar-refractivity contribution in [3.8, 4) is 0 Å². The number of carbonyl (C=O) groups excluding carboxylic acids is 1. The summed E-state index contributed by atoms with van der Waals surface area (Å²) in [5.41, 5.74) is 3.92. The van der Waals surface area contributed by atoms with E-state index in [9.17, 15) is 9.18 Å². The summed E-state index contributed by atoms with van der Waals surface area (Å²) in [7, 11) is 0. The molecule has 0 saturated heterocycles. The Kier molecular flexibility index (Phi) is 5.70. The minimum Gasteiger partial charge on any atom is -0.360 e. The SMILES string of the molecule is O=C(NCc1cc2c(Cl)c[nH]c2cc1F)c1ccnc(Cc2cnc3cc(Cl)ccc3c2)c1. The van der Waals surface area contributed by atoms with Gasteiger partial charge in [-0.25, -0.2) is 4.39 Å². The number of aromatic nitrogens is 3. The van der Waals surface area contributed by atoms with Gasteiger partial charge in [0.1, 0.15) is 5.82 Å². The molecule has 2 N–H and O–H groups in total. The van der Waals surface area contributed by atoms with Gasteiger partial charge in [-0.05, 0) is 48.0 Å². The predicted molar refractivity (Wildman–Crippen MR) is 128 cm³/mol. The Balaban J connectivity index is 1.30. The topological polar surface area (TPSA) is 70.7 Å². The Morgan fingerprint density at radius 3 is 2.82 bits per heavy atom. The molecule has 5 aromatic rings. The number of nitrogens with zero attached hydrogens (tertiary/aromatic N) is 2. The molecule has 8 heteroatoms. The van der Waals surface area contributed by atoms with Crippen LogP contribution in [0, 0.1) is 5.82 Å². The summed E-state index contributed by atoms with van der Waals surface area (Å²) in [5, 5.41) is 5.60. The summed E-state index contributed by atoms with van der Waals surface area (Å²) in [6.07, 6.45) is 5.49. The summed E-state index contributed by atoms with van der Waals surface area (Å²) < 4.78 is 14.4. The van der Waals surface area contributed by atoms with Gasteiger partial charge in [0.15, 0.2) is 0 Å². The number of halogens is 3. The molecule has 0 aliphatic rings. The quantitative estimate of drug-likeness (QED) is 0.321. The highest BCUT2D eigenvalue weighted by Gasteiger charge is 2.12. The van der Waals surface area contributed by atoms with Crippen LogP contribution in [-0.2, 0) is 13.0 Å². The maximum absolute atomic E-state index is 14.4. The van der Waals surface area contributed by atoms with Crippen LogP contribution < -0.4 is 5.32 Å². The second-order valence-corrected chi connectivity index (χ2v) is 8.55. The van der Waals surface area contributed by atoms with Gasteiger partial charge in [0.25, 0.3) is 5.91 Å². The van der Waals surface area contributed by atoms with Crippen LogP contribution in [0.3, 0.4) is 0 Å². The number of aromatic amines is 1. The van der Waals surface area contributed by atoms with E-state index in [0.717, 1.165) is 22.2 Å².